The number of hydrogen-bond donors (Lipinski definition) is 0. The number of alkyl halides is 2. The molecule has 1 aliphatic heterocycles. The van der Waals surface area contributed by atoms with Gasteiger partial charge in [0.05, 0.1) is 18.8 Å². The van der Waals surface area contributed by atoms with Crippen LogP contribution in [0.25, 0.3) is 16.7 Å². The van der Waals surface area contributed by atoms with Crippen LogP contribution in [0.5, 0.6) is 0 Å². The highest BCUT2D eigenvalue weighted by atomic mass is 19.3. The molecule has 0 unspecified atom stereocenters. The smallest absolute Gasteiger partial charge is 0.282 e. The number of nitrogens with zero attached hydrogens (tertiary/aromatic N) is 4. The van der Waals surface area contributed by atoms with Crippen LogP contribution in [0.3, 0.4) is 0 Å². The third-order valence-electron chi connectivity index (χ3n) is 4.31. The summed E-state index contributed by atoms with van der Waals surface area (Å²) < 4.78 is 55.6. The van der Waals surface area contributed by atoms with Gasteiger partial charge in [-0.15, -0.1) is 0 Å². The van der Waals surface area contributed by atoms with Gasteiger partial charge in [-0.3, -0.25) is 9.36 Å². The molecule has 1 saturated heterocycles. The van der Waals surface area contributed by atoms with Gasteiger partial charge in [0.15, 0.2) is 0 Å². The van der Waals surface area contributed by atoms with Gasteiger partial charge in [0.1, 0.15) is 34.6 Å². The second-order valence-corrected chi connectivity index (χ2v) is 6.19. The maximum absolute atomic E-state index is 14.1. The Morgan fingerprint density at radius 2 is 1.85 bits per heavy atom. The van der Waals surface area contributed by atoms with E-state index in [9.17, 15) is 22.4 Å². The first-order valence-electron chi connectivity index (χ1n) is 7.84. The Hall–Kier alpha value is -3.41. The fraction of sp³-hybridized carbons (Fsp3) is 0.167. The van der Waals surface area contributed by atoms with Crippen LogP contribution in [0.15, 0.2) is 36.5 Å². The quantitative estimate of drug-likeness (QED) is 0.647. The Morgan fingerprint density at radius 1 is 1.19 bits per heavy atom. The summed E-state index contributed by atoms with van der Waals surface area (Å²) in [7, 11) is 0. The van der Waals surface area contributed by atoms with Gasteiger partial charge in [-0.05, 0) is 30.3 Å². The predicted octanol–water partition coefficient (Wildman–Crippen LogP) is 3.27. The number of amides is 1. The molecule has 0 spiro atoms. The standard InChI is InChI=1S/C18H10F4N4O/c19-13-5-11(6-14(20)12(13)7-23)26-15(4-10-2-1-3-24-16(10)26)17(27)25-8-18(21,22)9-25/h1-6H,8-9H2. The van der Waals surface area contributed by atoms with Crippen molar-refractivity contribution in [3.8, 4) is 11.8 Å². The minimum Gasteiger partial charge on any atom is -0.325 e. The van der Waals surface area contributed by atoms with E-state index in [2.05, 4.69) is 4.98 Å². The van der Waals surface area contributed by atoms with E-state index in [-0.39, 0.29) is 17.0 Å². The van der Waals surface area contributed by atoms with Crippen LogP contribution >= 0.6 is 0 Å². The lowest BCUT2D eigenvalue weighted by Gasteiger charge is -2.38. The Morgan fingerprint density at radius 3 is 2.44 bits per heavy atom. The Balaban J connectivity index is 1.90. The number of fused-ring (bicyclic) bond motifs is 1. The molecule has 3 aromatic rings. The summed E-state index contributed by atoms with van der Waals surface area (Å²) in [5, 5.41) is 9.31. The number of carbonyl (C=O) groups is 1. The molecule has 136 valence electrons. The first-order valence-corrected chi connectivity index (χ1v) is 7.84. The van der Waals surface area contributed by atoms with Gasteiger partial charge in [-0.25, -0.2) is 22.5 Å². The summed E-state index contributed by atoms with van der Waals surface area (Å²) in [5.41, 5.74) is -0.647. The van der Waals surface area contributed by atoms with E-state index < -0.39 is 42.1 Å². The van der Waals surface area contributed by atoms with Gasteiger partial charge in [0, 0.05) is 11.6 Å². The molecule has 27 heavy (non-hydrogen) atoms. The summed E-state index contributed by atoms with van der Waals surface area (Å²) in [5.74, 6) is -5.85. The zero-order valence-corrected chi connectivity index (χ0v) is 13.6. The molecular weight excluding hydrogens is 364 g/mol. The van der Waals surface area contributed by atoms with Gasteiger partial charge in [0.25, 0.3) is 11.8 Å². The third kappa shape index (κ3) is 2.70. The number of halogens is 4. The molecule has 5 nitrogen and oxygen atoms in total. The molecule has 1 aromatic carbocycles. The number of rotatable bonds is 2. The number of aromatic nitrogens is 2. The van der Waals surface area contributed by atoms with E-state index in [1.807, 2.05) is 0 Å². The summed E-state index contributed by atoms with van der Waals surface area (Å²) in [6.45, 7) is -1.45. The van der Waals surface area contributed by atoms with Crippen molar-refractivity contribution in [3.63, 3.8) is 0 Å². The van der Waals surface area contributed by atoms with E-state index in [0.717, 1.165) is 17.0 Å². The molecule has 0 saturated carbocycles. The van der Waals surface area contributed by atoms with Gasteiger partial charge < -0.3 is 4.90 Å². The van der Waals surface area contributed by atoms with E-state index in [4.69, 9.17) is 5.26 Å². The fourth-order valence-corrected chi connectivity index (χ4v) is 3.07. The van der Waals surface area contributed by atoms with Crippen molar-refractivity contribution in [1.29, 1.82) is 5.26 Å². The summed E-state index contributed by atoms with van der Waals surface area (Å²) >= 11 is 0. The molecule has 0 bridgehead atoms. The predicted molar refractivity (Wildman–Crippen MR) is 86.6 cm³/mol. The Labute approximate surface area is 150 Å². The van der Waals surface area contributed by atoms with Crippen molar-refractivity contribution in [2.24, 2.45) is 0 Å². The summed E-state index contributed by atoms with van der Waals surface area (Å²) in [6, 6.07) is 7.89. The van der Waals surface area contributed by atoms with Gasteiger partial charge in [-0.1, -0.05) is 0 Å². The lowest BCUT2D eigenvalue weighted by molar-refractivity contribution is -0.113. The molecule has 2 aromatic heterocycles. The van der Waals surface area contributed by atoms with Gasteiger partial charge in [0.2, 0.25) is 0 Å². The minimum absolute atomic E-state index is 0.0530. The molecule has 3 heterocycles. The minimum atomic E-state index is -2.95. The molecule has 0 atom stereocenters. The lowest BCUT2D eigenvalue weighted by Crippen LogP contribution is -2.58. The highest BCUT2D eigenvalue weighted by Gasteiger charge is 2.47. The first-order chi connectivity index (χ1) is 12.8. The van der Waals surface area contributed by atoms with Crippen molar-refractivity contribution in [2.75, 3.05) is 13.1 Å². The normalized spacial score (nSPS) is 15.4. The van der Waals surface area contributed by atoms with E-state index >= 15 is 0 Å². The Kier molecular flexibility index (Phi) is 3.66. The number of nitriles is 1. The van der Waals surface area contributed by atoms with Crippen LogP contribution < -0.4 is 0 Å². The number of hydrogen-bond acceptors (Lipinski definition) is 3. The Bertz CT molecular complexity index is 1100. The summed E-state index contributed by atoms with van der Waals surface area (Å²) in [4.78, 5) is 17.7. The monoisotopic (exact) mass is 374 g/mol. The van der Waals surface area contributed by atoms with Crippen LogP contribution in [0.4, 0.5) is 17.6 Å². The zero-order valence-electron chi connectivity index (χ0n) is 13.6. The van der Waals surface area contributed by atoms with Crippen LogP contribution in [0.1, 0.15) is 16.1 Å². The number of carbonyl (C=O) groups excluding carboxylic acids is 1. The van der Waals surface area contributed by atoms with Crippen LogP contribution in [0, 0.1) is 23.0 Å². The molecular formula is C18H10F4N4O. The number of pyridine rings is 1. The molecule has 1 aliphatic rings. The van der Waals surface area contributed by atoms with Crippen LogP contribution in [-0.4, -0.2) is 39.4 Å². The largest absolute Gasteiger partial charge is 0.325 e. The molecule has 4 rings (SSSR count). The van der Waals surface area contributed by atoms with E-state index in [1.54, 1.807) is 12.1 Å². The molecule has 1 fully saturated rings. The van der Waals surface area contributed by atoms with Crippen LogP contribution in [0.2, 0.25) is 0 Å². The van der Waals surface area contributed by atoms with Crippen molar-refractivity contribution >= 4 is 16.9 Å². The highest BCUT2D eigenvalue weighted by molar-refractivity contribution is 5.99. The van der Waals surface area contributed by atoms with E-state index in [1.165, 1.54) is 22.9 Å². The first kappa shape index (κ1) is 17.0. The van der Waals surface area contributed by atoms with Crippen molar-refractivity contribution in [2.45, 2.75) is 5.92 Å². The topological polar surface area (TPSA) is 61.9 Å². The van der Waals surface area contributed by atoms with Crippen molar-refractivity contribution in [1.82, 2.24) is 14.5 Å². The summed E-state index contributed by atoms with van der Waals surface area (Å²) in [6.07, 6.45) is 1.43. The maximum atomic E-state index is 14.1. The highest BCUT2D eigenvalue weighted by Crippen LogP contribution is 2.31. The SMILES string of the molecule is N#Cc1c(F)cc(-n2c(C(=O)N3CC(F)(F)C3)cc3cccnc32)cc1F. The molecule has 9 heteroatoms. The third-order valence-corrected chi connectivity index (χ3v) is 4.31. The number of likely N-dealkylation sites (tertiary alicyclic amines) is 1. The van der Waals surface area contributed by atoms with E-state index in [0.29, 0.717) is 5.39 Å². The number of benzene rings is 1. The molecule has 1 amide bonds. The maximum Gasteiger partial charge on any atom is 0.282 e. The molecule has 0 radical (unpaired) electrons. The zero-order chi connectivity index (χ0) is 19.3. The van der Waals surface area contributed by atoms with Crippen LogP contribution in [-0.2, 0) is 0 Å². The second-order valence-electron chi connectivity index (χ2n) is 6.19. The molecule has 0 aliphatic carbocycles. The van der Waals surface area contributed by atoms with Gasteiger partial charge >= 0.3 is 0 Å². The average molecular weight is 374 g/mol. The van der Waals surface area contributed by atoms with Crippen molar-refractivity contribution < 1.29 is 22.4 Å². The lowest BCUT2D eigenvalue weighted by atomic mass is 10.1. The molecule has 0 N–H and O–H groups in total. The van der Waals surface area contributed by atoms with Gasteiger partial charge in [-0.2, -0.15) is 5.26 Å². The second kappa shape index (κ2) is 5.81. The fourth-order valence-electron chi connectivity index (χ4n) is 3.07. The average Bonchev–Trinajstić information content (AvgIpc) is 2.98. The van der Waals surface area contributed by atoms with Crippen molar-refractivity contribution in [3.05, 3.63) is 59.4 Å².